The van der Waals surface area contributed by atoms with Crippen molar-refractivity contribution in [2.75, 3.05) is 5.73 Å². The van der Waals surface area contributed by atoms with E-state index in [0.717, 1.165) is 22.1 Å². The Labute approximate surface area is 188 Å². The van der Waals surface area contributed by atoms with Crippen molar-refractivity contribution in [1.82, 2.24) is 10.3 Å². The molecule has 0 spiro atoms. The second-order valence-corrected chi connectivity index (χ2v) is 7.56. The quantitative estimate of drug-likeness (QED) is 0.260. The summed E-state index contributed by atoms with van der Waals surface area (Å²) in [6.45, 7) is 0.201. The summed E-state index contributed by atoms with van der Waals surface area (Å²) in [4.78, 5) is 16.1. The number of hydrogen-bond acceptors (Lipinski definition) is 6. The standard InChI is InChI=1S/C24H20ClN3O4/c25-20-11-17(15-3-5-16(6-4-15)24(30)31)9-18-10-19(32-23(18)20)13-28-22(29)8-2-14-1-7-21(26)27-12-14/h1-12,24,30-31H,13H2,(H2,26,27)(H,28,29)/b8-2+. The minimum Gasteiger partial charge on any atom is -0.458 e. The lowest BCUT2D eigenvalue weighted by molar-refractivity contribution is -0.116. The van der Waals surface area contributed by atoms with Crippen LogP contribution in [-0.2, 0) is 11.3 Å². The average molecular weight is 450 g/mol. The smallest absolute Gasteiger partial charge is 0.244 e. The number of nitrogen functional groups attached to an aromatic ring is 1. The maximum absolute atomic E-state index is 12.1. The van der Waals surface area contributed by atoms with Crippen LogP contribution in [0.2, 0.25) is 5.02 Å². The molecule has 8 heteroatoms. The van der Waals surface area contributed by atoms with Crippen LogP contribution in [0.1, 0.15) is 23.2 Å². The van der Waals surface area contributed by atoms with Crippen molar-refractivity contribution in [3.63, 3.8) is 0 Å². The van der Waals surface area contributed by atoms with Gasteiger partial charge in [-0.05, 0) is 53.1 Å². The van der Waals surface area contributed by atoms with E-state index < -0.39 is 6.29 Å². The Balaban J connectivity index is 1.46. The summed E-state index contributed by atoms with van der Waals surface area (Å²) in [7, 11) is 0. The van der Waals surface area contributed by atoms with Crippen molar-refractivity contribution in [3.8, 4) is 11.1 Å². The van der Waals surface area contributed by atoms with Crippen LogP contribution in [0.15, 0.2) is 71.3 Å². The van der Waals surface area contributed by atoms with Crippen LogP contribution in [0.4, 0.5) is 5.82 Å². The molecule has 0 saturated carbocycles. The van der Waals surface area contributed by atoms with Gasteiger partial charge in [0.2, 0.25) is 5.91 Å². The maximum atomic E-state index is 12.1. The molecule has 0 saturated heterocycles. The zero-order chi connectivity index (χ0) is 22.7. The molecular formula is C24H20ClN3O4. The summed E-state index contributed by atoms with van der Waals surface area (Å²) < 4.78 is 5.81. The van der Waals surface area contributed by atoms with E-state index in [1.165, 1.54) is 6.08 Å². The largest absolute Gasteiger partial charge is 0.458 e. The van der Waals surface area contributed by atoms with Crippen LogP contribution < -0.4 is 11.1 Å². The van der Waals surface area contributed by atoms with E-state index in [9.17, 15) is 15.0 Å². The van der Waals surface area contributed by atoms with Crippen molar-refractivity contribution >= 4 is 40.4 Å². The van der Waals surface area contributed by atoms with E-state index in [1.54, 1.807) is 54.7 Å². The normalized spacial score (nSPS) is 11.5. The predicted molar refractivity (Wildman–Crippen MR) is 123 cm³/mol. The molecule has 1 amide bonds. The number of aliphatic hydroxyl groups is 2. The molecule has 2 aromatic carbocycles. The highest BCUT2D eigenvalue weighted by Gasteiger charge is 2.12. The SMILES string of the molecule is Nc1ccc(/C=C/C(=O)NCc2cc3cc(-c4ccc(C(O)O)cc4)cc(Cl)c3o2)cn1. The number of aromatic nitrogens is 1. The number of halogens is 1. The van der Waals surface area contributed by atoms with E-state index in [4.69, 9.17) is 21.8 Å². The van der Waals surface area contributed by atoms with Crippen molar-refractivity contribution in [1.29, 1.82) is 0 Å². The highest BCUT2D eigenvalue weighted by Crippen LogP contribution is 2.33. The summed E-state index contributed by atoms with van der Waals surface area (Å²) >= 11 is 6.41. The molecule has 5 N–H and O–H groups in total. The molecule has 0 bridgehead atoms. The molecule has 0 aliphatic heterocycles. The molecule has 0 unspecified atom stereocenters. The average Bonchev–Trinajstić information content (AvgIpc) is 3.21. The molecule has 0 radical (unpaired) electrons. The van der Waals surface area contributed by atoms with Crippen LogP contribution in [0.25, 0.3) is 28.2 Å². The Morgan fingerprint density at radius 2 is 1.91 bits per heavy atom. The first-order chi connectivity index (χ1) is 15.4. The van der Waals surface area contributed by atoms with Crippen molar-refractivity contribution in [2.24, 2.45) is 0 Å². The van der Waals surface area contributed by atoms with Gasteiger partial charge in [-0.15, -0.1) is 0 Å². The minimum absolute atomic E-state index is 0.201. The number of aliphatic hydroxyl groups excluding tert-OH is 1. The summed E-state index contributed by atoms with van der Waals surface area (Å²) in [6, 6.07) is 15.8. The van der Waals surface area contributed by atoms with Crippen molar-refractivity contribution in [3.05, 3.63) is 88.8 Å². The lowest BCUT2D eigenvalue weighted by Crippen LogP contribution is -2.19. The number of hydrogen-bond donors (Lipinski definition) is 4. The third kappa shape index (κ3) is 4.97. The van der Waals surface area contributed by atoms with Crippen LogP contribution in [0, 0.1) is 0 Å². The number of carbonyl (C=O) groups is 1. The van der Waals surface area contributed by atoms with Gasteiger partial charge in [0.1, 0.15) is 11.6 Å². The minimum atomic E-state index is -1.51. The number of benzene rings is 2. The number of pyridine rings is 1. The first-order valence-corrected chi connectivity index (χ1v) is 10.1. The molecule has 4 rings (SSSR count). The summed E-state index contributed by atoms with van der Waals surface area (Å²) in [6.07, 6.45) is 3.12. The zero-order valence-corrected chi connectivity index (χ0v) is 17.6. The number of nitrogens with one attached hydrogen (secondary N) is 1. The maximum Gasteiger partial charge on any atom is 0.244 e. The molecule has 32 heavy (non-hydrogen) atoms. The highest BCUT2D eigenvalue weighted by molar-refractivity contribution is 6.35. The number of anilines is 1. The van der Waals surface area contributed by atoms with Crippen molar-refractivity contribution in [2.45, 2.75) is 12.8 Å². The number of rotatable bonds is 6. The number of nitrogens with two attached hydrogens (primary N) is 1. The van der Waals surface area contributed by atoms with Crippen LogP contribution in [0.3, 0.4) is 0 Å². The first-order valence-electron chi connectivity index (χ1n) is 9.75. The van der Waals surface area contributed by atoms with Gasteiger partial charge in [0.15, 0.2) is 11.9 Å². The fourth-order valence-electron chi connectivity index (χ4n) is 3.19. The highest BCUT2D eigenvalue weighted by atomic mass is 35.5. The monoisotopic (exact) mass is 449 g/mol. The lowest BCUT2D eigenvalue weighted by Gasteiger charge is -2.06. The second kappa shape index (κ2) is 9.23. The van der Waals surface area contributed by atoms with Gasteiger partial charge in [-0.3, -0.25) is 4.79 Å². The summed E-state index contributed by atoms with van der Waals surface area (Å²) in [5, 5.41) is 22.5. The van der Waals surface area contributed by atoms with Gasteiger partial charge in [-0.1, -0.05) is 35.9 Å². The molecule has 162 valence electrons. The van der Waals surface area contributed by atoms with E-state index >= 15 is 0 Å². The molecule has 4 aromatic rings. The summed E-state index contributed by atoms with van der Waals surface area (Å²) in [5.74, 6) is 0.702. The molecular weight excluding hydrogens is 430 g/mol. The van der Waals surface area contributed by atoms with Gasteiger partial charge in [0, 0.05) is 23.2 Å². The molecule has 0 fully saturated rings. The third-order valence-electron chi connectivity index (χ3n) is 4.84. The van der Waals surface area contributed by atoms with E-state index in [0.29, 0.717) is 27.7 Å². The number of fused-ring (bicyclic) bond motifs is 1. The van der Waals surface area contributed by atoms with Crippen molar-refractivity contribution < 1.29 is 19.4 Å². The van der Waals surface area contributed by atoms with Gasteiger partial charge in [-0.2, -0.15) is 0 Å². The first kappa shape index (κ1) is 21.6. The number of furan rings is 1. The van der Waals surface area contributed by atoms with Gasteiger partial charge < -0.3 is 25.7 Å². The fourth-order valence-corrected chi connectivity index (χ4v) is 3.45. The zero-order valence-electron chi connectivity index (χ0n) is 16.8. The van der Waals surface area contributed by atoms with E-state index in [1.807, 2.05) is 12.1 Å². The number of amides is 1. The molecule has 2 heterocycles. The van der Waals surface area contributed by atoms with E-state index in [-0.39, 0.29) is 12.5 Å². The molecule has 0 atom stereocenters. The van der Waals surface area contributed by atoms with Gasteiger partial charge >= 0.3 is 0 Å². The van der Waals surface area contributed by atoms with Gasteiger partial charge in [0.05, 0.1) is 11.6 Å². The molecule has 0 aliphatic rings. The Kier molecular flexibility index (Phi) is 6.23. The fraction of sp³-hybridized carbons (Fsp3) is 0.0833. The molecule has 0 aliphatic carbocycles. The Morgan fingerprint density at radius 3 is 2.59 bits per heavy atom. The topological polar surface area (TPSA) is 122 Å². The third-order valence-corrected chi connectivity index (χ3v) is 5.12. The Bertz CT molecular complexity index is 1280. The van der Waals surface area contributed by atoms with Gasteiger partial charge in [-0.25, -0.2) is 4.98 Å². The Hall–Kier alpha value is -3.65. The van der Waals surface area contributed by atoms with Crippen LogP contribution in [-0.4, -0.2) is 21.1 Å². The van der Waals surface area contributed by atoms with E-state index in [2.05, 4.69) is 10.3 Å². The lowest BCUT2D eigenvalue weighted by atomic mass is 10.0. The second-order valence-electron chi connectivity index (χ2n) is 7.15. The number of nitrogens with zero attached hydrogens (tertiary/aromatic N) is 1. The number of carbonyl (C=O) groups excluding carboxylic acids is 1. The Morgan fingerprint density at radius 1 is 1.12 bits per heavy atom. The van der Waals surface area contributed by atoms with Gasteiger partial charge in [0.25, 0.3) is 0 Å². The van der Waals surface area contributed by atoms with Crippen LogP contribution in [0.5, 0.6) is 0 Å². The summed E-state index contributed by atoms with van der Waals surface area (Å²) in [5.41, 5.74) is 8.98. The van der Waals surface area contributed by atoms with Crippen LogP contribution >= 0.6 is 11.6 Å². The molecule has 2 aromatic heterocycles. The predicted octanol–water partition coefficient (Wildman–Crippen LogP) is 4.04. The molecule has 7 nitrogen and oxygen atoms in total.